The van der Waals surface area contributed by atoms with Gasteiger partial charge in [-0.15, -0.1) is 11.3 Å². The van der Waals surface area contributed by atoms with E-state index in [0.717, 1.165) is 19.4 Å². The van der Waals surface area contributed by atoms with Gasteiger partial charge in [0.25, 0.3) is 5.91 Å². The van der Waals surface area contributed by atoms with Crippen LogP contribution < -0.4 is 10.5 Å². The first-order valence-electron chi connectivity index (χ1n) is 6.49. The Labute approximate surface area is 121 Å². The summed E-state index contributed by atoms with van der Waals surface area (Å²) >= 11 is 7.13. The van der Waals surface area contributed by atoms with E-state index >= 15 is 0 Å². The number of nitrogens with zero attached hydrogens (tertiary/aromatic N) is 1. The second kappa shape index (κ2) is 4.96. The van der Waals surface area contributed by atoms with Crippen LogP contribution in [-0.2, 0) is 0 Å². The van der Waals surface area contributed by atoms with E-state index in [1.54, 1.807) is 6.07 Å². The van der Waals surface area contributed by atoms with E-state index in [1.807, 2.05) is 0 Å². The second-order valence-corrected chi connectivity index (χ2v) is 7.20. The van der Waals surface area contributed by atoms with Gasteiger partial charge in [0.2, 0.25) is 0 Å². The van der Waals surface area contributed by atoms with Crippen LogP contribution in [-0.4, -0.2) is 36.5 Å². The number of carbonyl (C=O) groups is 1. The number of hydrogen-bond donors (Lipinski definition) is 1. The van der Waals surface area contributed by atoms with Crippen LogP contribution in [0.25, 0.3) is 0 Å². The minimum Gasteiger partial charge on any atom is -0.489 e. The Bertz CT molecular complexity index is 503. The van der Waals surface area contributed by atoms with Gasteiger partial charge in [0.05, 0.1) is 4.34 Å². The third-order valence-corrected chi connectivity index (χ3v) is 5.35. The number of rotatable bonds is 3. The minimum absolute atomic E-state index is 0.164. The van der Waals surface area contributed by atoms with Crippen molar-refractivity contribution in [1.82, 2.24) is 4.90 Å². The van der Waals surface area contributed by atoms with Crippen LogP contribution in [0.1, 0.15) is 28.9 Å². The molecule has 1 aliphatic carbocycles. The molecule has 4 nitrogen and oxygen atoms in total. The summed E-state index contributed by atoms with van der Waals surface area (Å²) in [6, 6.07) is 2.31. The molecule has 2 N–H and O–H groups in total. The zero-order valence-corrected chi connectivity index (χ0v) is 12.3. The number of ether oxygens (including phenoxy) is 1. The van der Waals surface area contributed by atoms with E-state index < -0.39 is 5.91 Å². The van der Waals surface area contributed by atoms with Gasteiger partial charge in [0.15, 0.2) is 0 Å². The average Bonchev–Trinajstić information content (AvgIpc) is 2.80. The number of hydrogen-bond acceptors (Lipinski definition) is 4. The summed E-state index contributed by atoms with van der Waals surface area (Å²) in [4.78, 5) is 14.2. The molecule has 1 aliphatic heterocycles. The molecule has 104 valence electrons. The van der Waals surface area contributed by atoms with Crippen LogP contribution in [0.4, 0.5) is 0 Å². The smallest absolute Gasteiger partial charge is 0.262 e. The van der Waals surface area contributed by atoms with Crippen molar-refractivity contribution in [2.24, 2.45) is 11.7 Å². The van der Waals surface area contributed by atoms with Crippen molar-refractivity contribution >= 4 is 28.8 Å². The predicted molar refractivity (Wildman–Crippen MR) is 76.0 cm³/mol. The van der Waals surface area contributed by atoms with Gasteiger partial charge in [0.1, 0.15) is 16.7 Å². The van der Waals surface area contributed by atoms with Crippen LogP contribution in [0.15, 0.2) is 6.07 Å². The zero-order valence-electron chi connectivity index (χ0n) is 10.8. The molecule has 1 saturated heterocycles. The number of likely N-dealkylation sites (tertiary alicyclic amines) is 1. The van der Waals surface area contributed by atoms with Gasteiger partial charge in [-0.25, -0.2) is 0 Å². The fourth-order valence-corrected chi connectivity index (χ4v) is 4.29. The Kier molecular flexibility index (Phi) is 3.45. The third kappa shape index (κ3) is 2.59. The largest absolute Gasteiger partial charge is 0.489 e. The van der Waals surface area contributed by atoms with Gasteiger partial charge in [0, 0.05) is 18.7 Å². The lowest BCUT2D eigenvalue weighted by atomic mass is 9.88. The van der Waals surface area contributed by atoms with Crippen molar-refractivity contribution in [2.75, 3.05) is 13.6 Å². The molecule has 1 saturated carbocycles. The van der Waals surface area contributed by atoms with Crippen molar-refractivity contribution in [3.8, 4) is 5.75 Å². The number of nitrogens with two attached hydrogens (primary N) is 1. The van der Waals surface area contributed by atoms with Gasteiger partial charge < -0.3 is 15.4 Å². The number of halogens is 1. The normalized spacial score (nSPS) is 30.5. The Hall–Kier alpha value is -0.780. The molecule has 6 heteroatoms. The highest BCUT2D eigenvalue weighted by Crippen LogP contribution is 2.39. The van der Waals surface area contributed by atoms with Crippen molar-refractivity contribution in [3.05, 3.63) is 15.3 Å². The molecular weight excluding hydrogens is 284 g/mol. The number of amides is 1. The van der Waals surface area contributed by atoms with Crippen LogP contribution >= 0.6 is 22.9 Å². The summed E-state index contributed by atoms with van der Waals surface area (Å²) in [6.07, 6.45) is 3.49. The second-order valence-electron chi connectivity index (χ2n) is 5.51. The molecule has 0 aromatic carbocycles. The van der Waals surface area contributed by atoms with Crippen molar-refractivity contribution in [2.45, 2.75) is 31.4 Å². The van der Waals surface area contributed by atoms with E-state index in [9.17, 15) is 4.79 Å². The molecule has 3 atom stereocenters. The lowest BCUT2D eigenvalue weighted by Crippen LogP contribution is -2.32. The standard InChI is InChI=1S/C13H17ClN2O2S/c1-16-6-7-2-8(16)4-9(3-7)18-10-5-11(14)19-12(10)13(15)17/h5,7-9H,2-4,6H2,1H3,(H2,15,17). The first-order valence-corrected chi connectivity index (χ1v) is 7.68. The van der Waals surface area contributed by atoms with Crippen LogP contribution in [0.3, 0.4) is 0 Å². The molecule has 0 spiro atoms. The summed E-state index contributed by atoms with van der Waals surface area (Å²) in [6.45, 7) is 1.15. The van der Waals surface area contributed by atoms with E-state index in [4.69, 9.17) is 22.1 Å². The summed E-state index contributed by atoms with van der Waals surface area (Å²) in [5.41, 5.74) is 5.35. The van der Waals surface area contributed by atoms with E-state index in [0.29, 0.717) is 26.9 Å². The first kappa shape index (κ1) is 13.2. The maximum absolute atomic E-state index is 11.4. The van der Waals surface area contributed by atoms with Gasteiger partial charge in [-0.2, -0.15) is 0 Å². The number of carbonyl (C=O) groups excluding carboxylic acids is 1. The van der Waals surface area contributed by atoms with Gasteiger partial charge in [-0.3, -0.25) is 4.79 Å². The molecule has 3 rings (SSSR count). The zero-order chi connectivity index (χ0) is 13.6. The highest BCUT2D eigenvalue weighted by atomic mass is 35.5. The van der Waals surface area contributed by atoms with Crippen molar-refractivity contribution in [1.29, 1.82) is 0 Å². The summed E-state index contributed by atoms with van der Waals surface area (Å²) in [5.74, 6) is 0.791. The Morgan fingerprint density at radius 1 is 1.53 bits per heavy atom. The maximum atomic E-state index is 11.4. The lowest BCUT2D eigenvalue weighted by Gasteiger charge is -2.28. The third-order valence-electron chi connectivity index (χ3n) is 4.09. The highest BCUT2D eigenvalue weighted by Gasteiger charge is 2.38. The molecule has 2 fully saturated rings. The fourth-order valence-electron chi connectivity index (χ4n) is 3.29. The monoisotopic (exact) mass is 300 g/mol. The fraction of sp³-hybridized carbons (Fsp3) is 0.615. The maximum Gasteiger partial charge on any atom is 0.262 e. The molecule has 3 unspecified atom stereocenters. The quantitative estimate of drug-likeness (QED) is 0.932. The Morgan fingerprint density at radius 2 is 2.32 bits per heavy atom. The van der Waals surface area contributed by atoms with E-state index in [2.05, 4.69) is 11.9 Å². The Morgan fingerprint density at radius 3 is 3.00 bits per heavy atom. The molecule has 2 aliphatic rings. The molecule has 19 heavy (non-hydrogen) atoms. The number of thiophene rings is 1. The molecular formula is C13H17ClN2O2S. The lowest BCUT2D eigenvalue weighted by molar-refractivity contribution is 0.0984. The summed E-state index contributed by atoms with van der Waals surface area (Å²) < 4.78 is 6.54. The van der Waals surface area contributed by atoms with Crippen molar-refractivity contribution in [3.63, 3.8) is 0 Å². The highest BCUT2D eigenvalue weighted by molar-refractivity contribution is 7.18. The summed E-state index contributed by atoms with van der Waals surface area (Å²) in [7, 11) is 2.17. The molecule has 1 amide bonds. The minimum atomic E-state index is -0.470. The number of primary amides is 1. The predicted octanol–water partition coefficient (Wildman–Crippen LogP) is 2.36. The van der Waals surface area contributed by atoms with Crippen LogP contribution in [0, 0.1) is 5.92 Å². The van der Waals surface area contributed by atoms with E-state index in [1.165, 1.54) is 17.8 Å². The molecule has 1 aromatic rings. The van der Waals surface area contributed by atoms with Crippen LogP contribution in [0.2, 0.25) is 4.34 Å². The summed E-state index contributed by atoms with van der Waals surface area (Å²) in [5, 5.41) is 0. The number of fused-ring (bicyclic) bond motifs is 2. The van der Waals surface area contributed by atoms with E-state index in [-0.39, 0.29) is 6.10 Å². The van der Waals surface area contributed by atoms with Gasteiger partial charge >= 0.3 is 0 Å². The molecule has 1 aromatic heterocycles. The topological polar surface area (TPSA) is 55.6 Å². The SMILES string of the molecule is CN1CC2CC(Oc3cc(Cl)sc3C(N)=O)CC1C2. The van der Waals surface area contributed by atoms with Gasteiger partial charge in [-0.05, 0) is 32.2 Å². The average molecular weight is 301 g/mol. The van der Waals surface area contributed by atoms with Gasteiger partial charge in [-0.1, -0.05) is 11.6 Å². The van der Waals surface area contributed by atoms with Crippen molar-refractivity contribution < 1.29 is 9.53 Å². The molecule has 0 radical (unpaired) electrons. The van der Waals surface area contributed by atoms with Crippen LogP contribution in [0.5, 0.6) is 5.75 Å². The first-order chi connectivity index (χ1) is 9.02. The Balaban J connectivity index is 1.74. The molecule has 2 bridgehead atoms. The molecule has 2 heterocycles.